The van der Waals surface area contributed by atoms with E-state index in [-0.39, 0.29) is 11.9 Å². The van der Waals surface area contributed by atoms with Gasteiger partial charge in [-0.05, 0) is 43.7 Å². The second-order valence-corrected chi connectivity index (χ2v) is 7.59. The zero-order chi connectivity index (χ0) is 21.1. The van der Waals surface area contributed by atoms with Crippen LogP contribution in [0.4, 0.5) is 0 Å². The number of benzene rings is 2. The number of carbonyl (C=O) groups is 1. The maximum absolute atomic E-state index is 13.2. The molecule has 1 unspecified atom stereocenters. The minimum absolute atomic E-state index is 0.134. The molecule has 2 aromatic carbocycles. The minimum Gasteiger partial charge on any atom is -0.343 e. The summed E-state index contributed by atoms with van der Waals surface area (Å²) in [5.41, 5.74) is 4.39. The Kier molecular flexibility index (Phi) is 5.68. The molecule has 0 saturated carbocycles. The third-order valence-electron chi connectivity index (χ3n) is 5.09. The first-order valence-electron chi connectivity index (χ1n) is 9.66. The summed E-state index contributed by atoms with van der Waals surface area (Å²) in [6.07, 6.45) is 3.13. The van der Waals surface area contributed by atoms with Crippen molar-refractivity contribution in [2.24, 2.45) is 0 Å². The molecule has 30 heavy (non-hydrogen) atoms. The van der Waals surface area contributed by atoms with Crippen LogP contribution in [0.3, 0.4) is 0 Å². The Hall–Kier alpha value is -3.38. The SMILES string of the molecule is Cc1cc(C(=O)NC(Cn2cncn2)c2ccccc2)c(C)n1-c1cccc(Cl)c1. The molecule has 0 fully saturated rings. The van der Waals surface area contributed by atoms with Crippen molar-refractivity contribution in [2.45, 2.75) is 26.4 Å². The summed E-state index contributed by atoms with van der Waals surface area (Å²) in [5.74, 6) is -0.134. The highest BCUT2D eigenvalue weighted by Gasteiger charge is 2.21. The minimum atomic E-state index is -0.241. The number of hydrogen-bond acceptors (Lipinski definition) is 3. The van der Waals surface area contributed by atoms with Crippen molar-refractivity contribution in [3.05, 3.63) is 101 Å². The Labute approximate surface area is 180 Å². The van der Waals surface area contributed by atoms with Gasteiger partial charge in [0, 0.05) is 22.1 Å². The predicted molar refractivity (Wildman–Crippen MR) is 117 cm³/mol. The Bertz CT molecular complexity index is 1150. The molecule has 0 spiro atoms. The lowest BCUT2D eigenvalue weighted by atomic mass is 10.1. The molecule has 1 atom stereocenters. The van der Waals surface area contributed by atoms with Crippen LogP contribution in [0.5, 0.6) is 0 Å². The van der Waals surface area contributed by atoms with E-state index in [4.69, 9.17) is 11.6 Å². The van der Waals surface area contributed by atoms with Crippen LogP contribution in [0.15, 0.2) is 73.3 Å². The van der Waals surface area contributed by atoms with Gasteiger partial charge in [-0.3, -0.25) is 9.48 Å². The number of hydrogen-bond donors (Lipinski definition) is 1. The molecule has 0 aliphatic rings. The van der Waals surface area contributed by atoms with Gasteiger partial charge in [-0.1, -0.05) is 48.0 Å². The van der Waals surface area contributed by atoms with Crippen LogP contribution < -0.4 is 5.32 Å². The Balaban J connectivity index is 1.64. The second kappa shape index (κ2) is 8.55. The van der Waals surface area contributed by atoms with Crippen molar-refractivity contribution in [1.29, 1.82) is 0 Å². The Morgan fingerprint density at radius 1 is 1.10 bits per heavy atom. The van der Waals surface area contributed by atoms with E-state index in [2.05, 4.69) is 15.4 Å². The van der Waals surface area contributed by atoms with Crippen LogP contribution in [0.2, 0.25) is 5.02 Å². The molecule has 4 aromatic rings. The van der Waals surface area contributed by atoms with Gasteiger partial charge in [-0.2, -0.15) is 5.10 Å². The molecule has 0 saturated heterocycles. The van der Waals surface area contributed by atoms with Crippen LogP contribution in [-0.2, 0) is 6.54 Å². The van der Waals surface area contributed by atoms with Gasteiger partial charge in [0.15, 0.2) is 0 Å². The fourth-order valence-corrected chi connectivity index (χ4v) is 3.86. The first-order valence-corrected chi connectivity index (χ1v) is 10.0. The van der Waals surface area contributed by atoms with E-state index >= 15 is 0 Å². The summed E-state index contributed by atoms with van der Waals surface area (Å²) in [4.78, 5) is 17.2. The molecule has 2 heterocycles. The molecule has 0 radical (unpaired) electrons. The van der Waals surface area contributed by atoms with Crippen molar-refractivity contribution in [3.8, 4) is 5.69 Å². The topological polar surface area (TPSA) is 64.7 Å². The lowest BCUT2D eigenvalue weighted by Gasteiger charge is -2.19. The predicted octanol–water partition coefficient (Wildman–Crippen LogP) is 4.51. The summed E-state index contributed by atoms with van der Waals surface area (Å²) in [6.45, 7) is 4.41. The Morgan fingerprint density at radius 2 is 1.90 bits per heavy atom. The fourth-order valence-electron chi connectivity index (χ4n) is 3.68. The van der Waals surface area contributed by atoms with E-state index in [0.717, 1.165) is 22.6 Å². The van der Waals surface area contributed by atoms with Gasteiger partial charge >= 0.3 is 0 Å². The third kappa shape index (κ3) is 4.14. The quantitative estimate of drug-likeness (QED) is 0.500. The fraction of sp³-hybridized carbons (Fsp3) is 0.174. The lowest BCUT2D eigenvalue weighted by Crippen LogP contribution is -2.32. The molecule has 0 aliphatic heterocycles. The number of nitrogens with zero attached hydrogens (tertiary/aromatic N) is 4. The average Bonchev–Trinajstić information content (AvgIpc) is 3.35. The van der Waals surface area contributed by atoms with Crippen LogP contribution in [-0.4, -0.2) is 25.2 Å². The average molecular weight is 420 g/mol. The van der Waals surface area contributed by atoms with Crippen molar-refractivity contribution < 1.29 is 4.79 Å². The molecule has 0 bridgehead atoms. The maximum Gasteiger partial charge on any atom is 0.253 e. The van der Waals surface area contributed by atoms with E-state index in [0.29, 0.717) is 17.1 Å². The van der Waals surface area contributed by atoms with E-state index in [1.54, 1.807) is 11.0 Å². The number of carbonyl (C=O) groups excluding carboxylic acids is 1. The molecule has 1 N–H and O–H groups in total. The van der Waals surface area contributed by atoms with E-state index < -0.39 is 0 Å². The molecule has 6 nitrogen and oxygen atoms in total. The number of aryl methyl sites for hydroxylation is 1. The summed E-state index contributed by atoms with van der Waals surface area (Å²) in [5, 5.41) is 8.00. The summed E-state index contributed by atoms with van der Waals surface area (Å²) >= 11 is 6.17. The summed E-state index contributed by atoms with van der Waals surface area (Å²) in [6, 6.07) is 19.1. The van der Waals surface area contributed by atoms with Gasteiger partial charge in [-0.25, -0.2) is 4.98 Å². The lowest BCUT2D eigenvalue weighted by molar-refractivity contribution is 0.0931. The molecule has 7 heteroatoms. The van der Waals surface area contributed by atoms with Crippen molar-refractivity contribution in [3.63, 3.8) is 0 Å². The first kappa shape index (κ1) is 19.9. The zero-order valence-corrected chi connectivity index (χ0v) is 17.5. The van der Waals surface area contributed by atoms with Gasteiger partial charge in [0.25, 0.3) is 5.91 Å². The van der Waals surface area contributed by atoms with Gasteiger partial charge in [0.1, 0.15) is 12.7 Å². The van der Waals surface area contributed by atoms with Crippen LogP contribution in [0, 0.1) is 13.8 Å². The highest BCUT2D eigenvalue weighted by Crippen LogP contribution is 2.24. The highest BCUT2D eigenvalue weighted by atomic mass is 35.5. The molecular formula is C23H22ClN5O. The number of halogens is 1. The molecule has 4 rings (SSSR count). The smallest absolute Gasteiger partial charge is 0.253 e. The number of rotatable bonds is 6. The van der Waals surface area contributed by atoms with Crippen LogP contribution in [0.1, 0.15) is 33.4 Å². The molecule has 152 valence electrons. The van der Waals surface area contributed by atoms with Crippen LogP contribution >= 0.6 is 11.6 Å². The monoisotopic (exact) mass is 419 g/mol. The molecule has 1 amide bonds. The van der Waals surface area contributed by atoms with E-state index in [1.165, 1.54) is 6.33 Å². The second-order valence-electron chi connectivity index (χ2n) is 7.15. The standard InChI is InChI=1S/C23H22ClN5O/c1-16-11-21(17(2)29(16)20-10-6-9-19(24)12-20)23(30)27-22(13-28-15-25-14-26-28)18-7-4-3-5-8-18/h3-12,14-15,22H,13H2,1-2H3,(H,27,30). The third-order valence-corrected chi connectivity index (χ3v) is 5.32. The Morgan fingerprint density at radius 3 is 2.60 bits per heavy atom. The van der Waals surface area contributed by atoms with Crippen molar-refractivity contribution >= 4 is 17.5 Å². The van der Waals surface area contributed by atoms with Gasteiger partial charge in [0.2, 0.25) is 0 Å². The summed E-state index contributed by atoms with van der Waals surface area (Å²) < 4.78 is 3.75. The van der Waals surface area contributed by atoms with Crippen LogP contribution in [0.25, 0.3) is 5.69 Å². The van der Waals surface area contributed by atoms with Gasteiger partial charge in [0.05, 0.1) is 18.2 Å². The largest absolute Gasteiger partial charge is 0.343 e. The van der Waals surface area contributed by atoms with Crippen molar-refractivity contribution in [2.75, 3.05) is 0 Å². The van der Waals surface area contributed by atoms with E-state index in [1.807, 2.05) is 79.1 Å². The highest BCUT2D eigenvalue weighted by molar-refractivity contribution is 6.30. The molecular weight excluding hydrogens is 398 g/mol. The van der Waals surface area contributed by atoms with E-state index in [9.17, 15) is 4.79 Å². The zero-order valence-electron chi connectivity index (χ0n) is 16.8. The maximum atomic E-state index is 13.2. The van der Waals surface area contributed by atoms with Crippen molar-refractivity contribution in [1.82, 2.24) is 24.6 Å². The molecule has 0 aliphatic carbocycles. The first-order chi connectivity index (χ1) is 14.5. The summed E-state index contributed by atoms with van der Waals surface area (Å²) in [7, 11) is 0. The normalized spacial score (nSPS) is 12.0. The number of aromatic nitrogens is 4. The van der Waals surface area contributed by atoms with Gasteiger partial charge in [-0.15, -0.1) is 0 Å². The number of nitrogens with one attached hydrogen (secondary N) is 1. The number of amides is 1. The van der Waals surface area contributed by atoms with Gasteiger partial charge < -0.3 is 9.88 Å². The molecule has 2 aromatic heterocycles.